The van der Waals surface area contributed by atoms with Crippen LogP contribution in [0, 0.1) is 0 Å². The standard InChI is InChI=1S/C15H12BrClN2O2/c1-9(20)10-2-5-12(6-3-10)18-15(21)19-14-8-11(17)4-7-13(14)16/h2-8H,1H3,(H2,18,19,21). The van der Waals surface area contributed by atoms with Gasteiger partial charge < -0.3 is 10.6 Å². The third-order valence-electron chi connectivity index (χ3n) is 2.73. The fourth-order valence-electron chi connectivity index (χ4n) is 1.67. The van der Waals surface area contributed by atoms with Gasteiger partial charge in [-0.1, -0.05) is 11.6 Å². The first kappa shape index (κ1) is 15.5. The molecule has 2 aromatic rings. The molecule has 0 saturated carbocycles. The maximum Gasteiger partial charge on any atom is 0.323 e. The van der Waals surface area contributed by atoms with Gasteiger partial charge in [-0.05, 0) is 65.3 Å². The molecule has 0 spiro atoms. The van der Waals surface area contributed by atoms with E-state index < -0.39 is 6.03 Å². The number of nitrogens with one attached hydrogen (secondary N) is 2. The molecule has 2 N–H and O–H groups in total. The van der Waals surface area contributed by atoms with Crippen molar-refractivity contribution in [3.05, 3.63) is 57.5 Å². The molecule has 0 aromatic heterocycles. The van der Waals surface area contributed by atoms with E-state index in [2.05, 4.69) is 26.6 Å². The molecule has 0 heterocycles. The van der Waals surface area contributed by atoms with Crippen LogP contribution in [-0.4, -0.2) is 11.8 Å². The van der Waals surface area contributed by atoms with E-state index >= 15 is 0 Å². The lowest BCUT2D eigenvalue weighted by molar-refractivity contribution is 0.101. The minimum Gasteiger partial charge on any atom is -0.308 e. The van der Waals surface area contributed by atoms with Gasteiger partial charge in [-0.3, -0.25) is 4.79 Å². The second kappa shape index (κ2) is 6.74. The Morgan fingerprint density at radius 2 is 1.71 bits per heavy atom. The summed E-state index contributed by atoms with van der Waals surface area (Å²) in [5, 5.41) is 5.89. The predicted octanol–water partition coefficient (Wildman–Crippen LogP) is 4.95. The van der Waals surface area contributed by atoms with Crippen LogP contribution in [0.1, 0.15) is 17.3 Å². The Bertz CT molecular complexity index is 687. The Labute approximate surface area is 135 Å². The van der Waals surface area contributed by atoms with Gasteiger partial charge in [0.25, 0.3) is 0 Å². The van der Waals surface area contributed by atoms with Gasteiger partial charge in [0.15, 0.2) is 5.78 Å². The van der Waals surface area contributed by atoms with Crippen molar-refractivity contribution in [1.82, 2.24) is 0 Å². The molecule has 4 nitrogen and oxygen atoms in total. The molecule has 0 radical (unpaired) electrons. The summed E-state index contributed by atoms with van der Waals surface area (Å²) in [6.45, 7) is 1.49. The number of urea groups is 1. The molecular weight excluding hydrogens is 356 g/mol. The molecule has 0 saturated heterocycles. The second-order valence-corrected chi connectivity index (χ2v) is 5.63. The summed E-state index contributed by atoms with van der Waals surface area (Å²) >= 11 is 9.21. The molecule has 2 aromatic carbocycles. The molecular formula is C15H12BrClN2O2. The number of rotatable bonds is 3. The number of halogens is 2. The summed E-state index contributed by atoms with van der Waals surface area (Å²) < 4.78 is 0.731. The molecule has 2 rings (SSSR count). The smallest absolute Gasteiger partial charge is 0.308 e. The summed E-state index contributed by atoms with van der Waals surface area (Å²) in [4.78, 5) is 23.1. The van der Waals surface area contributed by atoms with Gasteiger partial charge in [0, 0.05) is 20.7 Å². The summed E-state index contributed by atoms with van der Waals surface area (Å²) in [7, 11) is 0. The Morgan fingerprint density at radius 1 is 1.05 bits per heavy atom. The third kappa shape index (κ3) is 4.31. The van der Waals surface area contributed by atoms with Crippen LogP contribution in [0.15, 0.2) is 46.9 Å². The van der Waals surface area contributed by atoms with E-state index in [9.17, 15) is 9.59 Å². The number of carbonyl (C=O) groups excluding carboxylic acids is 2. The van der Waals surface area contributed by atoms with Gasteiger partial charge in [-0.15, -0.1) is 0 Å². The minimum atomic E-state index is -0.395. The van der Waals surface area contributed by atoms with E-state index in [0.29, 0.717) is 22.0 Å². The van der Waals surface area contributed by atoms with Crippen molar-refractivity contribution in [3.8, 4) is 0 Å². The van der Waals surface area contributed by atoms with Crippen LogP contribution >= 0.6 is 27.5 Å². The summed E-state index contributed by atoms with van der Waals surface area (Å²) in [6, 6.07) is 11.4. The average molecular weight is 368 g/mol. The van der Waals surface area contributed by atoms with Gasteiger partial charge in [-0.2, -0.15) is 0 Å². The van der Waals surface area contributed by atoms with Crippen molar-refractivity contribution in [2.24, 2.45) is 0 Å². The van der Waals surface area contributed by atoms with Gasteiger partial charge in [0.1, 0.15) is 0 Å². The molecule has 0 bridgehead atoms. The SMILES string of the molecule is CC(=O)c1ccc(NC(=O)Nc2cc(Cl)ccc2Br)cc1. The van der Waals surface area contributed by atoms with Crippen LogP contribution in [0.3, 0.4) is 0 Å². The molecule has 0 unspecified atom stereocenters. The lowest BCUT2D eigenvalue weighted by Crippen LogP contribution is -2.19. The summed E-state index contributed by atoms with van der Waals surface area (Å²) in [5.41, 5.74) is 1.76. The number of hydrogen-bond donors (Lipinski definition) is 2. The topological polar surface area (TPSA) is 58.2 Å². The molecule has 0 aliphatic rings. The van der Waals surface area contributed by atoms with Crippen LogP contribution in [0.25, 0.3) is 0 Å². The maximum atomic E-state index is 11.9. The normalized spacial score (nSPS) is 10.0. The number of ketones is 1. The molecule has 21 heavy (non-hydrogen) atoms. The van der Waals surface area contributed by atoms with E-state index in [4.69, 9.17) is 11.6 Å². The maximum absolute atomic E-state index is 11.9. The minimum absolute atomic E-state index is 0.0196. The highest BCUT2D eigenvalue weighted by Crippen LogP contribution is 2.26. The summed E-state index contributed by atoms with van der Waals surface area (Å²) in [6.07, 6.45) is 0. The highest BCUT2D eigenvalue weighted by Gasteiger charge is 2.07. The zero-order valence-corrected chi connectivity index (χ0v) is 13.5. The van der Waals surface area contributed by atoms with Gasteiger partial charge >= 0.3 is 6.03 Å². The van der Waals surface area contributed by atoms with Crippen molar-refractivity contribution in [1.29, 1.82) is 0 Å². The number of hydrogen-bond acceptors (Lipinski definition) is 2. The quantitative estimate of drug-likeness (QED) is 0.754. The summed E-state index contributed by atoms with van der Waals surface area (Å²) in [5.74, 6) is -0.0196. The third-order valence-corrected chi connectivity index (χ3v) is 3.65. The van der Waals surface area contributed by atoms with Crippen LogP contribution in [0.2, 0.25) is 5.02 Å². The van der Waals surface area contributed by atoms with Gasteiger partial charge in [0.2, 0.25) is 0 Å². The lowest BCUT2D eigenvalue weighted by atomic mass is 10.1. The first-order valence-corrected chi connectivity index (χ1v) is 7.27. The fourth-order valence-corrected chi connectivity index (χ4v) is 2.18. The van der Waals surface area contributed by atoms with E-state index in [0.717, 1.165) is 4.47 Å². The van der Waals surface area contributed by atoms with Crippen LogP contribution < -0.4 is 10.6 Å². The highest BCUT2D eigenvalue weighted by molar-refractivity contribution is 9.10. The molecule has 0 aliphatic heterocycles. The Morgan fingerprint density at radius 3 is 2.33 bits per heavy atom. The van der Waals surface area contributed by atoms with Crippen LogP contribution in [-0.2, 0) is 0 Å². The van der Waals surface area contributed by atoms with E-state index in [1.807, 2.05) is 0 Å². The Balaban J connectivity index is 2.04. The number of benzene rings is 2. The van der Waals surface area contributed by atoms with Crippen molar-refractivity contribution in [2.45, 2.75) is 6.92 Å². The number of carbonyl (C=O) groups is 2. The van der Waals surface area contributed by atoms with Crippen molar-refractivity contribution in [2.75, 3.05) is 10.6 Å². The largest absolute Gasteiger partial charge is 0.323 e. The van der Waals surface area contributed by atoms with E-state index in [1.165, 1.54) is 6.92 Å². The van der Waals surface area contributed by atoms with Gasteiger partial charge in [-0.25, -0.2) is 4.79 Å². The lowest BCUT2D eigenvalue weighted by Gasteiger charge is -2.09. The Hall–Kier alpha value is -1.85. The molecule has 0 aliphatic carbocycles. The zero-order chi connectivity index (χ0) is 15.4. The number of anilines is 2. The van der Waals surface area contributed by atoms with E-state index in [-0.39, 0.29) is 5.78 Å². The van der Waals surface area contributed by atoms with Crippen molar-refractivity contribution in [3.63, 3.8) is 0 Å². The van der Waals surface area contributed by atoms with E-state index in [1.54, 1.807) is 42.5 Å². The average Bonchev–Trinajstić information content (AvgIpc) is 2.43. The highest BCUT2D eigenvalue weighted by atomic mass is 79.9. The molecule has 6 heteroatoms. The Kier molecular flexibility index (Phi) is 4.98. The zero-order valence-electron chi connectivity index (χ0n) is 11.1. The van der Waals surface area contributed by atoms with Gasteiger partial charge in [0.05, 0.1) is 5.69 Å². The van der Waals surface area contributed by atoms with Crippen LogP contribution in [0.5, 0.6) is 0 Å². The monoisotopic (exact) mass is 366 g/mol. The number of amides is 2. The number of Topliss-reactive ketones (excluding diaryl/α,β-unsaturated/α-hetero) is 1. The first-order valence-electron chi connectivity index (χ1n) is 6.10. The van der Waals surface area contributed by atoms with Crippen LogP contribution in [0.4, 0.5) is 16.2 Å². The predicted molar refractivity (Wildman–Crippen MR) is 88.2 cm³/mol. The van der Waals surface area contributed by atoms with Crippen molar-refractivity contribution < 1.29 is 9.59 Å². The molecule has 108 valence electrons. The van der Waals surface area contributed by atoms with Crippen molar-refractivity contribution >= 4 is 50.7 Å². The first-order chi connectivity index (χ1) is 9.95. The molecule has 0 atom stereocenters. The second-order valence-electron chi connectivity index (χ2n) is 4.34. The molecule has 0 fully saturated rings. The fraction of sp³-hybridized carbons (Fsp3) is 0.0667. The molecule has 2 amide bonds.